The summed E-state index contributed by atoms with van der Waals surface area (Å²) in [4.78, 5) is 31.4. The maximum absolute atomic E-state index is 13.6. The normalized spacial score (nSPS) is 17.6. The van der Waals surface area contributed by atoms with E-state index in [1.165, 1.54) is 12.1 Å². The minimum absolute atomic E-state index is 0.0575. The predicted octanol–water partition coefficient (Wildman–Crippen LogP) is 2.70. The Morgan fingerprint density at radius 2 is 1.89 bits per heavy atom. The molecular weight excluding hydrogens is 477 g/mol. The highest BCUT2D eigenvalue weighted by atomic mass is 19.1. The van der Waals surface area contributed by atoms with Crippen molar-refractivity contribution < 1.29 is 18.7 Å². The molecule has 0 spiro atoms. The van der Waals surface area contributed by atoms with Crippen LogP contribution in [0, 0.1) is 11.7 Å². The molecule has 0 unspecified atom stereocenters. The quantitative estimate of drug-likeness (QED) is 0.360. The van der Waals surface area contributed by atoms with Crippen molar-refractivity contribution in [1.29, 1.82) is 0 Å². The molecule has 0 saturated carbocycles. The molecular formula is C26H34FN7O3. The molecule has 1 amide bonds. The van der Waals surface area contributed by atoms with Gasteiger partial charge in [0.25, 0.3) is 0 Å². The number of halogens is 1. The van der Waals surface area contributed by atoms with Crippen molar-refractivity contribution in [1.82, 2.24) is 30.2 Å². The van der Waals surface area contributed by atoms with Crippen molar-refractivity contribution in [2.45, 2.75) is 26.1 Å². The van der Waals surface area contributed by atoms with Crippen molar-refractivity contribution in [3.8, 4) is 22.6 Å². The zero-order valence-electron chi connectivity index (χ0n) is 21.5. The molecule has 0 bridgehead atoms. The van der Waals surface area contributed by atoms with E-state index in [0.29, 0.717) is 48.4 Å². The van der Waals surface area contributed by atoms with Crippen LogP contribution >= 0.6 is 0 Å². The molecule has 1 aliphatic heterocycles. The van der Waals surface area contributed by atoms with Gasteiger partial charge in [0.15, 0.2) is 6.29 Å². The Kier molecular flexibility index (Phi) is 9.15. The molecule has 198 valence electrons. The number of H-pyrrole nitrogens is 1. The number of rotatable bonds is 11. The third kappa shape index (κ3) is 7.31. The molecule has 3 aromatic rings. The lowest BCUT2D eigenvalue weighted by molar-refractivity contribution is -0.200. The number of carbonyl (C=O) groups is 1. The summed E-state index contributed by atoms with van der Waals surface area (Å²) >= 11 is 0. The first-order valence-electron chi connectivity index (χ1n) is 12.5. The summed E-state index contributed by atoms with van der Waals surface area (Å²) in [5.41, 5.74) is 2.73. The van der Waals surface area contributed by atoms with E-state index in [1.54, 1.807) is 24.4 Å². The summed E-state index contributed by atoms with van der Waals surface area (Å²) in [5, 5.41) is 6.11. The number of amides is 1. The number of aromatic amines is 1. The minimum atomic E-state index is -0.538. The first-order valence-corrected chi connectivity index (χ1v) is 12.5. The van der Waals surface area contributed by atoms with Gasteiger partial charge in [0.05, 0.1) is 42.6 Å². The lowest BCUT2D eigenvalue weighted by atomic mass is 10.1. The highest BCUT2D eigenvalue weighted by molar-refractivity contribution is 5.79. The molecule has 1 aromatic carbocycles. The van der Waals surface area contributed by atoms with E-state index in [2.05, 4.69) is 30.5 Å². The SMILES string of the molecule is CCCNC(=O)C1COC(Cc2nc(-c3ccc(F)cc3)c(-c3ccnc(NCCN(C)C)n3)[nH]2)OC1. The average molecular weight is 512 g/mol. The molecule has 1 fully saturated rings. The number of nitrogens with zero attached hydrogens (tertiary/aromatic N) is 4. The fourth-order valence-corrected chi connectivity index (χ4v) is 3.86. The third-order valence-corrected chi connectivity index (χ3v) is 5.87. The Morgan fingerprint density at radius 1 is 1.14 bits per heavy atom. The Hall–Kier alpha value is -3.41. The van der Waals surface area contributed by atoms with Gasteiger partial charge in [-0.3, -0.25) is 4.79 Å². The van der Waals surface area contributed by atoms with Gasteiger partial charge in [0.2, 0.25) is 11.9 Å². The summed E-state index contributed by atoms with van der Waals surface area (Å²) in [6.07, 6.45) is 2.38. The van der Waals surface area contributed by atoms with E-state index < -0.39 is 6.29 Å². The Morgan fingerprint density at radius 3 is 2.59 bits per heavy atom. The number of hydrogen-bond donors (Lipinski definition) is 3. The standard InChI is InChI=1S/C26H34FN7O3/c1-4-10-28-25(35)18-15-36-22(37-16-18)14-21-32-23(17-5-7-19(27)8-6-17)24(33-21)20-9-11-29-26(31-20)30-12-13-34(2)3/h5-9,11,18,22H,4,10,12-16H2,1-3H3,(H,28,35)(H,32,33)(H,29,30,31). The first kappa shape index (κ1) is 26.6. The second-order valence-electron chi connectivity index (χ2n) is 9.20. The van der Waals surface area contributed by atoms with E-state index in [0.717, 1.165) is 18.5 Å². The van der Waals surface area contributed by atoms with Crippen LogP contribution in [0.4, 0.5) is 10.3 Å². The highest BCUT2D eigenvalue weighted by Gasteiger charge is 2.28. The van der Waals surface area contributed by atoms with Crippen molar-refractivity contribution >= 4 is 11.9 Å². The van der Waals surface area contributed by atoms with Gasteiger partial charge in [-0.25, -0.2) is 19.3 Å². The number of likely N-dealkylation sites (N-methyl/N-ethyl adjacent to an activating group) is 1. The van der Waals surface area contributed by atoms with Crippen LogP contribution < -0.4 is 10.6 Å². The van der Waals surface area contributed by atoms with Crippen LogP contribution in [-0.2, 0) is 20.7 Å². The molecule has 0 atom stereocenters. The van der Waals surface area contributed by atoms with Gasteiger partial charge < -0.3 is 30.0 Å². The van der Waals surface area contributed by atoms with E-state index in [-0.39, 0.29) is 30.9 Å². The monoisotopic (exact) mass is 511 g/mol. The van der Waals surface area contributed by atoms with Crippen molar-refractivity contribution in [2.24, 2.45) is 5.92 Å². The lowest BCUT2D eigenvalue weighted by Gasteiger charge is -2.28. The number of ether oxygens (including phenoxy) is 2. The Labute approximate surface area is 216 Å². The minimum Gasteiger partial charge on any atom is -0.356 e. The summed E-state index contributed by atoms with van der Waals surface area (Å²) in [5.74, 6) is 0.431. The molecule has 4 rings (SSSR count). The highest BCUT2D eigenvalue weighted by Crippen LogP contribution is 2.30. The zero-order chi connectivity index (χ0) is 26.2. The second-order valence-corrected chi connectivity index (χ2v) is 9.20. The maximum atomic E-state index is 13.6. The van der Waals surface area contributed by atoms with Crippen molar-refractivity contribution in [3.05, 3.63) is 48.2 Å². The maximum Gasteiger partial charge on any atom is 0.227 e. The van der Waals surface area contributed by atoms with Crippen LogP contribution in [0.1, 0.15) is 19.2 Å². The number of anilines is 1. The van der Waals surface area contributed by atoms with Crippen LogP contribution in [0.2, 0.25) is 0 Å². The van der Waals surface area contributed by atoms with Gasteiger partial charge in [0.1, 0.15) is 11.6 Å². The molecule has 11 heteroatoms. The topological polar surface area (TPSA) is 117 Å². The fraction of sp³-hybridized carbons (Fsp3) is 0.462. The molecule has 3 heterocycles. The molecule has 37 heavy (non-hydrogen) atoms. The summed E-state index contributed by atoms with van der Waals surface area (Å²) in [6.45, 7) is 4.75. The summed E-state index contributed by atoms with van der Waals surface area (Å²) in [6, 6.07) is 7.97. The first-order chi connectivity index (χ1) is 17.9. The predicted molar refractivity (Wildman–Crippen MR) is 138 cm³/mol. The Balaban J connectivity index is 1.52. The molecule has 0 radical (unpaired) electrons. The smallest absolute Gasteiger partial charge is 0.227 e. The molecule has 2 aromatic heterocycles. The van der Waals surface area contributed by atoms with E-state index in [4.69, 9.17) is 14.5 Å². The van der Waals surface area contributed by atoms with Crippen LogP contribution in [-0.4, -0.2) is 84.0 Å². The number of aromatic nitrogens is 4. The molecule has 3 N–H and O–H groups in total. The number of imidazole rings is 1. The molecule has 1 aliphatic rings. The van der Waals surface area contributed by atoms with Gasteiger partial charge >= 0.3 is 0 Å². The van der Waals surface area contributed by atoms with Crippen molar-refractivity contribution in [3.63, 3.8) is 0 Å². The summed E-state index contributed by atoms with van der Waals surface area (Å²) < 4.78 is 25.2. The number of hydrogen-bond acceptors (Lipinski definition) is 8. The molecule has 1 saturated heterocycles. The lowest BCUT2D eigenvalue weighted by Crippen LogP contribution is -2.42. The number of benzene rings is 1. The van der Waals surface area contributed by atoms with Gasteiger partial charge in [-0.15, -0.1) is 0 Å². The largest absolute Gasteiger partial charge is 0.356 e. The van der Waals surface area contributed by atoms with Crippen molar-refractivity contribution in [2.75, 3.05) is 52.3 Å². The summed E-state index contributed by atoms with van der Waals surface area (Å²) in [7, 11) is 4.00. The number of carbonyl (C=O) groups excluding carboxylic acids is 1. The van der Waals surface area contributed by atoms with Gasteiger partial charge in [-0.2, -0.15) is 0 Å². The second kappa shape index (κ2) is 12.7. The van der Waals surface area contributed by atoms with Crippen LogP contribution in [0.3, 0.4) is 0 Å². The Bertz CT molecular complexity index is 1160. The van der Waals surface area contributed by atoms with Crippen LogP contribution in [0.15, 0.2) is 36.5 Å². The van der Waals surface area contributed by atoms with E-state index in [1.807, 2.05) is 21.0 Å². The van der Waals surface area contributed by atoms with E-state index >= 15 is 0 Å². The zero-order valence-corrected chi connectivity index (χ0v) is 21.5. The van der Waals surface area contributed by atoms with Crippen LogP contribution in [0.25, 0.3) is 22.6 Å². The number of nitrogens with one attached hydrogen (secondary N) is 3. The fourth-order valence-electron chi connectivity index (χ4n) is 3.86. The van der Waals surface area contributed by atoms with Gasteiger partial charge in [0, 0.05) is 31.4 Å². The molecule has 0 aliphatic carbocycles. The third-order valence-electron chi connectivity index (χ3n) is 5.87. The van der Waals surface area contributed by atoms with Crippen LogP contribution in [0.5, 0.6) is 0 Å². The van der Waals surface area contributed by atoms with E-state index in [9.17, 15) is 9.18 Å². The average Bonchev–Trinajstić information content (AvgIpc) is 3.32. The van der Waals surface area contributed by atoms with Gasteiger partial charge in [-0.05, 0) is 50.8 Å². The van der Waals surface area contributed by atoms with Gasteiger partial charge in [-0.1, -0.05) is 6.92 Å². The molecule has 10 nitrogen and oxygen atoms in total.